The topological polar surface area (TPSA) is 95.7 Å². The molecule has 0 saturated heterocycles. The Bertz CT molecular complexity index is 486. The third kappa shape index (κ3) is 6.18. The van der Waals surface area contributed by atoms with E-state index < -0.39 is 37.7 Å². The van der Waals surface area contributed by atoms with Crippen LogP contribution in [0.3, 0.4) is 0 Å². The molecule has 0 fully saturated rings. The van der Waals surface area contributed by atoms with Crippen molar-refractivity contribution in [2.45, 2.75) is 13.1 Å². The number of carbonyl (C=O) groups excluding carboxylic acids is 1. The van der Waals surface area contributed by atoms with Gasteiger partial charge in [0.25, 0.3) is 0 Å². The number of rotatable bonds is 6. The van der Waals surface area contributed by atoms with Gasteiger partial charge in [-0.05, 0) is 6.92 Å². The molecule has 0 aliphatic rings. The third-order valence-electron chi connectivity index (χ3n) is 2.02. The van der Waals surface area contributed by atoms with Gasteiger partial charge in [-0.15, -0.1) is 0 Å². The lowest BCUT2D eigenvalue weighted by atomic mass is 10.4. The molecule has 112 valence electrons. The zero-order valence-electron chi connectivity index (χ0n) is 10.4. The number of halogens is 3. The van der Waals surface area contributed by atoms with Gasteiger partial charge in [0.1, 0.15) is 0 Å². The number of aryl methyl sites for hydroxylation is 1. The number of carboxylic acid groups (broad SMARTS) is 1. The first-order valence-electron chi connectivity index (χ1n) is 5.40. The van der Waals surface area contributed by atoms with Gasteiger partial charge in [-0.3, -0.25) is 19.8 Å². The second kappa shape index (κ2) is 6.37. The average Bonchev–Trinajstić information content (AvgIpc) is 2.59. The summed E-state index contributed by atoms with van der Waals surface area (Å²) in [5.41, 5.74) is 0.484. The summed E-state index contributed by atoms with van der Waals surface area (Å²) in [5.74, 6) is -2.31. The molecule has 1 aromatic heterocycles. The predicted molar refractivity (Wildman–Crippen MR) is 60.0 cm³/mol. The van der Waals surface area contributed by atoms with E-state index in [1.54, 1.807) is 6.92 Å². The van der Waals surface area contributed by atoms with Crippen LogP contribution >= 0.6 is 0 Å². The Morgan fingerprint density at radius 3 is 2.55 bits per heavy atom. The lowest BCUT2D eigenvalue weighted by Crippen LogP contribution is -2.42. The molecule has 0 bridgehead atoms. The van der Waals surface area contributed by atoms with Gasteiger partial charge >= 0.3 is 12.1 Å². The Kier molecular flexibility index (Phi) is 5.08. The van der Waals surface area contributed by atoms with E-state index in [0.717, 1.165) is 0 Å². The van der Waals surface area contributed by atoms with Crippen molar-refractivity contribution in [1.29, 1.82) is 0 Å². The second-order valence-electron chi connectivity index (χ2n) is 4.03. The first-order chi connectivity index (χ1) is 9.15. The van der Waals surface area contributed by atoms with Crippen LogP contribution in [0.15, 0.2) is 10.6 Å². The first kappa shape index (κ1) is 16.0. The summed E-state index contributed by atoms with van der Waals surface area (Å²) in [4.78, 5) is 22.4. The Morgan fingerprint density at radius 2 is 2.10 bits per heavy atom. The summed E-state index contributed by atoms with van der Waals surface area (Å²) in [6.45, 7) is -1.53. The molecular formula is C10H12F3N3O4. The van der Waals surface area contributed by atoms with Crippen LogP contribution in [0.2, 0.25) is 0 Å². The highest BCUT2D eigenvalue weighted by molar-refractivity contribution is 5.91. The Hall–Kier alpha value is -2.10. The van der Waals surface area contributed by atoms with E-state index in [0.29, 0.717) is 10.6 Å². The van der Waals surface area contributed by atoms with Crippen molar-refractivity contribution < 1.29 is 32.4 Å². The molecule has 20 heavy (non-hydrogen) atoms. The van der Waals surface area contributed by atoms with Crippen LogP contribution in [0.4, 0.5) is 19.1 Å². The summed E-state index contributed by atoms with van der Waals surface area (Å²) in [7, 11) is 0. The van der Waals surface area contributed by atoms with Crippen molar-refractivity contribution in [2.75, 3.05) is 25.0 Å². The van der Waals surface area contributed by atoms with Crippen molar-refractivity contribution in [3.8, 4) is 0 Å². The highest BCUT2D eigenvalue weighted by Gasteiger charge is 2.32. The molecule has 0 unspecified atom stereocenters. The lowest BCUT2D eigenvalue weighted by molar-refractivity contribution is -0.154. The maximum absolute atomic E-state index is 12.2. The summed E-state index contributed by atoms with van der Waals surface area (Å²) in [5, 5.41) is 14.2. The molecule has 0 atom stereocenters. The zero-order valence-corrected chi connectivity index (χ0v) is 10.4. The van der Waals surface area contributed by atoms with Gasteiger partial charge in [0, 0.05) is 6.07 Å². The van der Waals surface area contributed by atoms with Crippen LogP contribution < -0.4 is 5.32 Å². The smallest absolute Gasteiger partial charge is 0.401 e. The highest BCUT2D eigenvalue weighted by atomic mass is 19.4. The van der Waals surface area contributed by atoms with E-state index in [1.807, 2.05) is 0 Å². The van der Waals surface area contributed by atoms with E-state index in [-0.39, 0.29) is 5.88 Å². The fourth-order valence-electron chi connectivity index (χ4n) is 1.42. The Morgan fingerprint density at radius 1 is 1.45 bits per heavy atom. The minimum atomic E-state index is -4.60. The number of aromatic nitrogens is 1. The van der Waals surface area contributed by atoms with Gasteiger partial charge in [0.2, 0.25) is 11.8 Å². The monoisotopic (exact) mass is 295 g/mol. The van der Waals surface area contributed by atoms with Crippen LogP contribution in [-0.2, 0) is 9.59 Å². The van der Waals surface area contributed by atoms with Gasteiger partial charge in [-0.25, -0.2) is 0 Å². The number of carbonyl (C=O) groups is 2. The number of alkyl halides is 3. The number of hydrogen-bond donors (Lipinski definition) is 2. The van der Waals surface area contributed by atoms with Crippen LogP contribution in [0.25, 0.3) is 0 Å². The summed E-state index contributed by atoms with van der Waals surface area (Å²) >= 11 is 0. The summed E-state index contributed by atoms with van der Waals surface area (Å²) in [6.07, 6.45) is -4.60. The quantitative estimate of drug-likeness (QED) is 0.808. The van der Waals surface area contributed by atoms with Crippen LogP contribution in [0.1, 0.15) is 5.69 Å². The molecule has 0 aliphatic heterocycles. The maximum Gasteiger partial charge on any atom is 0.401 e. The molecule has 2 N–H and O–H groups in total. The number of amides is 1. The van der Waals surface area contributed by atoms with Crippen molar-refractivity contribution >= 4 is 17.8 Å². The minimum Gasteiger partial charge on any atom is -0.480 e. The first-order valence-corrected chi connectivity index (χ1v) is 5.40. The largest absolute Gasteiger partial charge is 0.480 e. The molecular weight excluding hydrogens is 283 g/mol. The van der Waals surface area contributed by atoms with Gasteiger partial charge in [0.05, 0.1) is 25.3 Å². The molecule has 10 heteroatoms. The Balaban J connectivity index is 2.59. The molecule has 1 amide bonds. The lowest BCUT2D eigenvalue weighted by Gasteiger charge is -2.20. The number of anilines is 1. The highest BCUT2D eigenvalue weighted by Crippen LogP contribution is 2.16. The minimum absolute atomic E-state index is 0.0187. The van der Waals surface area contributed by atoms with Crippen molar-refractivity contribution in [2.24, 2.45) is 0 Å². The standard InChI is InChI=1S/C10H12F3N3O4/c1-6-2-8(20-15-6)14-7(17)3-16(4-9(18)19)5-10(11,12)13/h2H,3-5H2,1H3,(H,14,17)(H,18,19). The average molecular weight is 295 g/mol. The fourth-order valence-corrected chi connectivity index (χ4v) is 1.42. The molecule has 0 aromatic carbocycles. The van der Waals surface area contributed by atoms with E-state index in [2.05, 4.69) is 15.0 Å². The van der Waals surface area contributed by atoms with E-state index in [4.69, 9.17) is 5.11 Å². The molecule has 0 spiro atoms. The maximum atomic E-state index is 12.2. The zero-order chi connectivity index (χ0) is 15.3. The fraction of sp³-hybridized carbons (Fsp3) is 0.500. The molecule has 0 radical (unpaired) electrons. The normalized spacial score (nSPS) is 11.7. The molecule has 0 saturated carbocycles. The molecule has 0 aliphatic carbocycles. The molecule has 1 rings (SSSR count). The SMILES string of the molecule is Cc1cc(NC(=O)CN(CC(=O)O)CC(F)(F)F)on1. The van der Waals surface area contributed by atoms with Crippen molar-refractivity contribution in [3.63, 3.8) is 0 Å². The second-order valence-corrected chi connectivity index (χ2v) is 4.03. The van der Waals surface area contributed by atoms with E-state index >= 15 is 0 Å². The van der Waals surface area contributed by atoms with Crippen molar-refractivity contribution in [1.82, 2.24) is 10.1 Å². The summed E-state index contributed by atoms with van der Waals surface area (Å²) in [6, 6.07) is 1.38. The van der Waals surface area contributed by atoms with Gasteiger partial charge in [-0.2, -0.15) is 13.2 Å². The Labute approximate surface area is 111 Å². The van der Waals surface area contributed by atoms with Gasteiger partial charge in [-0.1, -0.05) is 5.16 Å². The molecule has 7 nitrogen and oxygen atoms in total. The number of carboxylic acids is 1. The number of aliphatic carboxylic acids is 1. The third-order valence-corrected chi connectivity index (χ3v) is 2.02. The number of hydrogen-bond acceptors (Lipinski definition) is 5. The van der Waals surface area contributed by atoms with Crippen LogP contribution in [0.5, 0.6) is 0 Å². The van der Waals surface area contributed by atoms with Gasteiger partial charge < -0.3 is 9.63 Å². The molecule has 1 heterocycles. The van der Waals surface area contributed by atoms with Crippen LogP contribution in [0, 0.1) is 6.92 Å². The number of nitrogens with one attached hydrogen (secondary N) is 1. The van der Waals surface area contributed by atoms with Crippen LogP contribution in [-0.4, -0.2) is 52.9 Å². The van der Waals surface area contributed by atoms with E-state index in [1.165, 1.54) is 6.07 Å². The van der Waals surface area contributed by atoms with E-state index in [9.17, 15) is 22.8 Å². The molecule has 1 aromatic rings. The summed E-state index contributed by atoms with van der Waals surface area (Å²) < 4.78 is 41.4. The predicted octanol–water partition coefficient (Wildman–Crippen LogP) is 0.870. The van der Waals surface area contributed by atoms with Gasteiger partial charge in [0.15, 0.2) is 0 Å². The van der Waals surface area contributed by atoms with Crippen molar-refractivity contribution in [3.05, 3.63) is 11.8 Å². The number of nitrogens with zero attached hydrogens (tertiary/aromatic N) is 2.